The molecule has 22 heavy (non-hydrogen) atoms. The lowest BCUT2D eigenvalue weighted by atomic mass is 9.90. The summed E-state index contributed by atoms with van der Waals surface area (Å²) in [5.41, 5.74) is 5.31. The van der Waals surface area contributed by atoms with Crippen LogP contribution >= 0.6 is 0 Å². The van der Waals surface area contributed by atoms with Gasteiger partial charge in [0.1, 0.15) is 6.04 Å². The van der Waals surface area contributed by atoms with Crippen molar-refractivity contribution in [3.05, 3.63) is 35.9 Å². The molecule has 0 aromatic heterocycles. The minimum atomic E-state index is -4.36. The predicted octanol–water partition coefficient (Wildman–Crippen LogP) is 4.54. The average molecular weight is 319 g/mol. The Bertz CT molecular complexity index is 439. The van der Waals surface area contributed by atoms with Gasteiger partial charge in [0.25, 0.3) is 0 Å². The Kier molecular flexibility index (Phi) is 8.16. The Morgan fingerprint density at radius 3 is 2.05 bits per heavy atom. The quantitative estimate of drug-likeness (QED) is 0.856. The zero-order valence-corrected chi connectivity index (χ0v) is 13.2. The van der Waals surface area contributed by atoms with Crippen LogP contribution in [-0.2, 0) is 4.79 Å². The molecule has 126 valence electrons. The van der Waals surface area contributed by atoms with E-state index >= 15 is 0 Å². The van der Waals surface area contributed by atoms with E-state index in [1.807, 2.05) is 0 Å². The first-order chi connectivity index (χ1) is 9.93. The van der Waals surface area contributed by atoms with E-state index in [4.69, 9.17) is 10.8 Å². The third-order valence-electron chi connectivity index (χ3n) is 2.83. The van der Waals surface area contributed by atoms with Crippen LogP contribution < -0.4 is 5.73 Å². The number of nitrogens with two attached hydrogens (primary N) is 1. The SMILES string of the molecule is CC(C)(C)CCCC(=O)O.NC(c1ccccc1)C(F)(F)F. The Labute approximate surface area is 129 Å². The van der Waals surface area contributed by atoms with Crippen molar-refractivity contribution in [1.29, 1.82) is 0 Å². The molecule has 0 radical (unpaired) electrons. The number of halogens is 3. The Hall–Kier alpha value is -1.56. The van der Waals surface area contributed by atoms with Gasteiger partial charge < -0.3 is 10.8 Å². The monoisotopic (exact) mass is 319 g/mol. The average Bonchev–Trinajstić information content (AvgIpc) is 2.36. The molecule has 3 N–H and O–H groups in total. The predicted molar refractivity (Wildman–Crippen MR) is 80.4 cm³/mol. The van der Waals surface area contributed by atoms with E-state index in [0.29, 0.717) is 6.42 Å². The van der Waals surface area contributed by atoms with Crippen LogP contribution in [0.3, 0.4) is 0 Å². The molecule has 1 aromatic rings. The summed E-state index contributed by atoms with van der Waals surface area (Å²) in [7, 11) is 0. The molecule has 0 aliphatic carbocycles. The number of alkyl halides is 3. The number of rotatable bonds is 4. The van der Waals surface area contributed by atoms with Crippen LogP contribution in [0.5, 0.6) is 0 Å². The van der Waals surface area contributed by atoms with E-state index < -0.39 is 18.2 Å². The molecule has 0 fully saturated rings. The van der Waals surface area contributed by atoms with Crippen LogP contribution in [0.15, 0.2) is 30.3 Å². The van der Waals surface area contributed by atoms with Gasteiger partial charge >= 0.3 is 12.1 Å². The molecule has 0 saturated carbocycles. The highest BCUT2D eigenvalue weighted by molar-refractivity contribution is 5.66. The molecule has 0 saturated heterocycles. The van der Waals surface area contributed by atoms with Crippen LogP contribution in [-0.4, -0.2) is 17.3 Å². The summed E-state index contributed by atoms with van der Waals surface area (Å²) in [6.07, 6.45) is -2.28. The minimum absolute atomic E-state index is 0.0880. The van der Waals surface area contributed by atoms with Crippen molar-refractivity contribution < 1.29 is 23.1 Å². The number of aliphatic carboxylic acids is 1. The van der Waals surface area contributed by atoms with Crippen molar-refractivity contribution in [3.63, 3.8) is 0 Å². The first-order valence-corrected chi connectivity index (χ1v) is 7.02. The van der Waals surface area contributed by atoms with Crippen molar-refractivity contribution in [3.8, 4) is 0 Å². The van der Waals surface area contributed by atoms with Crippen LogP contribution in [0.4, 0.5) is 13.2 Å². The molecule has 0 bridgehead atoms. The van der Waals surface area contributed by atoms with Gasteiger partial charge in [-0.2, -0.15) is 13.2 Å². The van der Waals surface area contributed by atoms with Crippen LogP contribution in [0.1, 0.15) is 51.6 Å². The van der Waals surface area contributed by atoms with E-state index in [0.717, 1.165) is 12.8 Å². The van der Waals surface area contributed by atoms with Gasteiger partial charge in [-0.25, -0.2) is 0 Å². The molecule has 0 heterocycles. The molecule has 0 aliphatic rings. The number of hydrogen-bond acceptors (Lipinski definition) is 2. The van der Waals surface area contributed by atoms with Crippen LogP contribution in [0.25, 0.3) is 0 Å². The highest BCUT2D eigenvalue weighted by atomic mass is 19.4. The number of hydrogen-bond donors (Lipinski definition) is 2. The summed E-state index contributed by atoms with van der Waals surface area (Å²) in [6.45, 7) is 6.36. The molecular weight excluding hydrogens is 295 g/mol. The molecule has 1 atom stereocenters. The maximum Gasteiger partial charge on any atom is 0.407 e. The largest absolute Gasteiger partial charge is 0.481 e. The first-order valence-electron chi connectivity index (χ1n) is 7.02. The summed E-state index contributed by atoms with van der Waals surface area (Å²) in [5, 5.41) is 8.31. The van der Waals surface area contributed by atoms with E-state index in [2.05, 4.69) is 20.8 Å². The molecule has 1 unspecified atom stereocenters. The summed E-state index contributed by atoms with van der Waals surface area (Å²) in [4.78, 5) is 10.1. The molecule has 0 spiro atoms. The normalized spacial score (nSPS) is 13.0. The fourth-order valence-corrected chi connectivity index (χ4v) is 1.62. The van der Waals surface area contributed by atoms with Gasteiger partial charge in [0.2, 0.25) is 0 Å². The smallest absolute Gasteiger partial charge is 0.407 e. The lowest BCUT2D eigenvalue weighted by Crippen LogP contribution is -2.28. The number of carbonyl (C=O) groups is 1. The van der Waals surface area contributed by atoms with Crippen LogP contribution in [0, 0.1) is 5.41 Å². The Morgan fingerprint density at radius 1 is 1.18 bits per heavy atom. The lowest BCUT2D eigenvalue weighted by Gasteiger charge is -2.16. The van der Waals surface area contributed by atoms with Crippen molar-refractivity contribution in [1.82, 2.24) is 0 Å². The lowest BCUT2D eigenvalue weighted by molar-refractivity contribution is -0.149. The van der Waals surface area contributed by atoms with E-state index in [9.17, 15) is 18.0 Å². The molecule has 1 aromatic carbocycles. The Balaban J connectivity index is 0.000000409. The maximum absolute atomic E-state index is 12.0. The zero-order valence-electron chi connectivity index (χ0n) is 13.2. The standard InChI is InChI=1S/C8H8F3N.C8H16O2/c9-8(10,11)7(12)6-4-2-1-3-5-6;1-8(2,3)6-4-5-7(9)10/h1-5,7H,12H2;4-6H2,1-3H3,(H,9,10). The van der Waals surface area contributed by atoms with Gasteiger partial charge in [0.15, 0.2) is 0 Å². The molecule has 0 aliphatic heterocycles. The fraction of sp³-hybridized carbons (Fsp3) is 0.562. The van der Waals surface area contributed by atoms with Gasteiger partial charge in [-0.05, 0) is 23.8 Å². The van der Waals surface area contributed by atoms with Crippen molar-refractivity contribution in [2.75, 3.05) is 0 Å². The molecule has 6 heteroatoms. The maximum atomic E-state index is 12.0. The summed E-state index contributed by atoms with van der Waals surface area (Å²) in [5.74, 6) is -0.691. The number of benzene rings is 1. The van der Waals surface area contributed by atoms with Crippen molar-refractivity contribution >= 4 is 5.97 Å². The highest BCUT2D eigenvalue weighted by Crippen LogP contribution is 2.29. The number of carboxylic acids is 1. The number of carboxylic acid groups (broad SMARTS) is 1. The molecule has 1 rings (SSSR count). The second-order valence-electron chi connectivity index (χ2n) is 6.24. The third kappa shape index (κ3) is 10.2. The molecular formula is C16H24F3NO2. The Morgan fingerprint density at radius 2 is 1.68 bits per heavy atom. The zero-order chi connectivity index (χ0) is 17.4. The highest BCUT2D eigenvalue weighted by Gasteiger charge is 2.37. The molecule has 3 nitrogen and oxygen atoms in total. The second-order valence-corrected chi connectivity index (χ2v) is 6.24. The van der Waals surface area contributed by atoms with Gasteiger partial charge in [-0.1, -0.05) is 51.1 Å². The summed E-state index contributed by atoms with van der Waals surface area (Å²) >= 11 is 0. The van der Waals surface area contributed by atoms with Crippen molar-refractivity contribution in [2.45, 2.75) is 52.3 Å². The van der Waals surface area contributed by atoms with Gasteiger partial charge in [0, 0.05) is 6.42 Å². The van der Waals surface area contributed by atoms with E-state index in [-0.39, 0.29) is 11.0 Å². The van der Waals surface area contributed by atoms with E-state index in [1.54, 1.807) is 6.07 Å². The third-order valence-corrected chi connectivity index (χ3v) is 2.83. The van der Waals surface area contributed by atoms with Gasteiger partial charge in [-0.3, -0.25) is 4.79 Å². The van der Waals surface area contributed by atoms with Gasteiger partial charge in [0.05, 0.1) is 0 Å². The van der Waals surface area contributed by atoms with Crippen molar-refractivity contribution in [2.24, 2.45) is 11.1 Å². The van der Waals surface area contributed by atoms with Crippen LogP contribution in [0.2, 0.25) is 0 Å². The minimum Gasteiger partial charge on any atom is -0.481 e. The second kappa shape index (κ2) is 8.78. The topological polar surface area (TPSA) is 63.3 Å². The summed E-state index contributed by atoms with van der Waals surface area (Å²) in [6, 6.07) is 5.55. The van der Waals surface area contributed by atoms with E-state index in [1.165, 1.54) is 24.3 Å². The first kappa shape index (κ1) is 20.4. The van der Waals surface area contributed by atoms with Gasteiger partial charge in [-0.15, -0.1) is 0 Å². The fourth-order valence-electron chi connectivity index (χ4n) is 1.62. The molecule has 0 amide bonds. The summed E-state index contributed by atoms with van der Waals surface area (Å²) < 4.78 is 36.0.